The standard InChI is InChI=1S/C24H38N6O9S/c1-16(20(31)28-18-9-6-11-30(22(18)33)23(25)26)27-21(32)19(15-39-24(34)38-13-12-37-2)29-40(35,36)14-10-17-7-4-3-5-8-17/h3-5,7-8,16,18-19,22,29,33H,6,9-15H2,1-2H3,(H3,25,26)(H,27,32)(H,28,31). The molecule has 0 aromatic heterocycles. The number of nitrogens with one attached hydrogen (secondary N) is 4. The highest BCUT2D eigenvalue weighted by Crippen LogP contribution is 2.15. The van der Waals surface area contributed by atoms with Gasteiger partial charge < -0.3 is 40.6 Å². The molecule has 0 saturated carbocycles. The van der Waals surface area contributed by atoms with Crippen LogP contribution in [0.4, 0.5) is 4.79 Å². The number of rotatable bonds is 14. The van der Waals surface area contributed by atoms with Gasteiger partial charge in [-0.25, -0.2) is 13.2 Å². The molecule has 15 nitrogen and oxygen atoms in total. The smallest absolute Gasteiger partial charge is 0.432 e. The summed E-state index contributed by atoms with van der Waals surface area (Å²) in [6, 6.07) is 5.39. The van der Waals surface area contributed by atoms with Crippen LogP contribution in [-0.2, 0) is 40.2 Å². The molecule has 0 aliphatic carbocycles. The number of carbonyl (C=O) groups is 3. The normalized spacial score (nSPS) is 18.7. The average molecular weight is 587 g/mol. The molecule has 1 aromatic carbocycles. The van der Waals surface area contributed by atoms with E-state index in [9.17, 15) is 27.9 Å². The number of nitrogens with two attached hydrogens (primary N) is 1. The van der Waals surface area contributed by atoms with E-state index >= 15 is 0 Å². The summed E-state index contributed by atoms with van der Waals surface area (Å²) < 4.78 is 42.2. The first kappa shape index (κ1) is 32.7. The highest BCUT2D eigenvalue weighted by atomic mass is 32.2. The summed E-state index contributed by atoms with van der Waals surface area (Å²) in [5, 5.41) is 23.0. The van der Waals surface area contributed by atoms with Crippen LogP contribution >= 0.6 is 0 Å². The number of likely N-dealkylation sites (tertiary alicyclic amines) is 1. The zero-order valence-corrected chi connectivity index (χ0v) is 23.3. The minimum absolute atomic E-state index is 0.109. The molecular weight excluding hydrogens is 548 g/mol. The first-order valence-electron chi connectivity index (χ1n) is 12.7. The van der Waals surface area contributed by atoms with Gasteiger partial charge in [0.05, 0.1) is 18.4 Å². The quantitative estimate of drug-likeness (QED) is 0.0644. The Kier molecular flexibility index (Phi) is 13.1. The Morgan fingerprint density at radius 2 is 1.88 bits per heavy atom. The van der Waals surface area contributed by atoms with Crippen molar-refractivity contribution >= 4 is 34.0 Å². The Bertz CT molecular complexity index is 1110. The van der Waals surface area contributed by atoms with Crippen LogP contribution < -0.4 is 21.1 Å². The van der Waals surface area contributed by atoms with Gasteiger partial charge in [-0.1, -0.05) is 30.3 Å². The van der Waals surface area contributed by atoms with Crippen molar-refractivity contribution in [3.63, 3.8) is 0 Å². The van der Waals surface area contributed by atoms with Crippen LogP contribution in [0.1, 0.15) is 25.3 Å². The lowest BCUT2D eigenvalue weighted by atomic mass is 10.0. The zero-order valence-electron chi connectivity index (χ0n) is 22.5. The number of hydrogen-bond donors (Lipinski definition) is 6. The minimum atomic E-state index is -4.03. The maximum absolute atomic E-state index is 13.0. The number of carbonyl (C=O) groups excluding carboxylic acids is 3. The molecule has 0 radical (unpaired) electrons. The van der Waals surface area contributed by atoms with E-state index in [0.717, 1.165) is 5.56 Å². The van der Waals surface area contributed by atoms with Gasteiger partial charge >= 0.3 is 6.16 Å². The van der Waals surface area contributed by atoms with Crippen molar-refractivity contribution in [1.29, 1.82) is 5.41 Å². The number of ether oxygens (including phenoxy) is 3. The Morgan fingerprint density at radius 3 is 2.52 bits per heavy atom. The lowest BCUT2D eigenvalue weighted by Crippen LogP contribution is -2.61. The maximum atomic E-state index is 13.0. The molecule has 16 heteroatoms. The SMILES string of the molecule is COCCOC(=O)OCC(NS(=O)(=O)CCc1ccccc1)C(=O)NC(C)C(=O)NC1CCCN(C(=N)N)C1O. The average Bonchev–Trinajstić information content (AvgIpc) is 2.91. The summed E-state index contributed by atoms with van der Waals surface area (Å²) in [6.07, 6.45) is -1.21. The second kappa shape index (κ2) is 16.0. The van der Waals surface area contributed by atoms with Crippen LogP contribution in [0.15, 0.2) is 30.3 Å². The Morgan fingerprint density at radius 1 is 1.18 bits per heavy atom. The van der Waals surface area contributed by atoms with Crippen LogP contribution in [0.2, 0.25) is 0 Å². The lowest BCUT2D eigenvalue weighted by Gasteiger charge is -2.38. The van der Waals surface area contributed by atoms with Crippen molar-refractivity contribution in [2.24, 2.45) is 5.73 Å². The molecule has 1 saturated heterocycles. The molecule has 1 fully saturated rings. The largest absolute Gasteiger partial charge is 0.508 e. The summed E-state index contributed by atoms with van der Waals surface area (Å²) in [5.74, 6) is -2.27. The zero-order chi connectivity index (χ0) is 29.7. The minimum Gasteiger partial charge on any atom is -0.432 e. The monoisotopic (exact) mass is 586 g/mol. The number of hydrogen-bond acceptors (Lipinski definition) is 10. The molecule has 1 aliphatic rings. The van der Waals surface area contributed by atoms with Crippen LogP contribution in [0.3, 0.4) is 0 Å². The Balaban J connectivity index is 2.03. The van der Waals surface area contributed by atoms with E-state index in [1.165, 1.54) is 18.9 Å². The molecule has 4 unspecified atom stereocenters. The third-order valence-corrected chi connectivity index (χ3v) is 7.38. The summed E-state index contributed by atoms with van der Waals surface area (Å²) in [5.41, 5.74) is 6.24. The van der Waals surface area contributed by atoms with E-state index in [1.54, 1.807) is 30.3 Å². The first-order valence-corrected chi connectivity index (χ1v) is 14.3. The molecule has 40 heavy (non-hydrogen) atoms. The summed E-state index contributed by atoms with van der Waals surface area (Å²) in [6.45, 7) is 1.02. The van der Waals surface area contributed by atoms with E-state index in [0.29, 0.717) is 19.4 Å². The van der Waals surface area contributed by atoms with Gasteiger partial charge in [-0.2, -0.15) is 4.72 Å². The van der Waals surface area contributed by atoms with Gasteiger partial charge in [0.2, 0.25) is 21.8 Å². The number of amides is 2. The van der Waals surface area contributed by atoms with Gasteiger partial charge in [0.25, 0.3) is 0 Å². The number of sulfonamides is 1. The Hall–Kier alpha value is -3.47. The van der Waals surface area contributed by atoms with Crippen LogP contribution in [0.5, 0.6) is 0 Å². The summed E-state index contributed by atoms with van der Waals surface area (Å²) in [7, 11) is -2.62. The molecule has 2 amide bonds. The predicted molar refractivity (Wildman–Crippen MR) is 143 cm³/mol. The number of aliphatic hydroxyl groups is 1. The molecule has 1 heterocycles. The van der Waals surface area contributed by atoms with Gasteiger partial charge in [-0.3, -0.25) is 15.0 Å². The number of aliphatic hydroxyl groups excluding tert-OH is 1. The molecule has 0 bridgehead atoms. The highest BCUT2D eigenvalue weighted by molar-refractivity contribution is 7.89. The van der Waals surface area contributed by atoms with Crippen molar-refractivity contribution in [3.05, 3.63) is 35.9 Å². The molecule has 224 valence electrons. The van der Waals surface area contributed by atoms with E-state index in [4.69, 9.17) is 25.4 Å². The molecule has 2 rings (SSSR count). The third kappa shape index (κ3) is 11.0. The van der Waals surface area contributed by atoms with Crippen LogP contribution in [0.25, 0.3) is 0 Å². The molecule has 0 spiro atoms. The van der Waals surface area contributed by atoms with Gasteiger partial charge in [-0.05, 0) is 31.7 Å². The van der Waals surface area contributed by atoms with Crippen LogP contribution in [0, 0.1) is 5.41 Å². The number of benzene rings is 1. The van der Waals surface area contributed by atoms with Crippen molar-refractivity contribution in [2.75, 3.05) is 39.2 Å². The van der Waals surface area contributed by atoms with Crippen molar-refractivity contribution in [1.82, 2.24) is 20.3 Å². The van der Waals surface area contributed by atoms with Gasteiger partial charge in [0.1, 0.15) is 31.5 Å². The third-order valence-electron chi connectivity index (χ3n) is 6.00. The van der Waals surface area contributed by atoms with E-state index in [1.807, 2.05) is 0 Å². The van der Waals surface area contributed by atoms with Crippen molar-refractivity contribution in [3.8, 4) is 0 Å². The maximum Gasteiger partial charge on any atom is 0.508 e. The number of piperidine rings is 1. The molecule has 1 aromatic rings. The second-order valence-corrected chi connectivity index (χ2v) is 11.0. The molecule has 1 aliphatic heterocycles. The van der Waals surface area contributed by atoms with E-state index < -0.39 is 59.0 Å². The van der Waals surface area contributed by atoms with Gasteiger partial charge in [-0.15, -0.1) is 0 Å². The predicted octanol–water partition coefficient (Wildman–Crippen LogP) is -1.39. The lowest BCUT2D eigenvalue weighted by molar-refractivity contribution is -0.131. The molecule has 7 N–H and O–H groups in total. The number of guanidine groups is 1. The molecule has 4 atom stereocenters. The van der Waals surface area contributed by atoms with Gasteiger partial charge in [0, 0.05) is 13.7 Å². The topological polar surface area (TPSA) is 222 Å². The van der Waals surface area contributed by atoms with Crippen LogP contribution in [-0.4, -0.2) is 106 Å². The first-order chi connectivity index (χ1) is 18.9. The fraction of sp³-hybridized carbons (Fsp3) is 0.583. The second-order valence-electron chi connectivity index (χ2n) is 9.11. The number of aryl methyl sites for hydroxylation is 1. The van der Waals surface area contributed by atoms with Crippen molar-refractivity contribution in [2.45, 2.75) is 50.5 Å². The van der Waals surface area contributed by atoms with Gasteiger partial charge in [0.15, 0.2) is 5.96 Å². The van der Waals surface area contributed by atoms with E-state index in [-0.39, 0.29) is 31.3 Å². The number of nitrogens with zero attached hydrogens (tertiary/aromatic N) is 1. The highest BCUT2D eigenvalue weighted by Gasteiger charge is 2.34. The van der Waals surface area contributed by atoms with Crippen molar-refractivity contribution < 1.29 is 42.1 Å². The summed E-state index contributed by atoms with van der Waals surface area (Å²) >= 11 is 0. The van der Waals surface area contributed by atoms with E-state index in [2.05, 4.69) is 15.4 Å². The number of methoxy groups -OCH3 is 1. The fourth-order valence-corrected chi connectivity index (χ4v) is 5.05. The molecular formula is C24H38N6O9S. The summed E-state index contributed by atoms with van der Waals surface area (Å²) in [4.78, 5) is 38.9. The fourth-order valence-electron chi connectivity index (χ4n) is 3.81. The Labute approximate surface area is 233 Å².